The van der Waals surface area contributed by atoms with Crippen LogP contribution in [0.1, 0.15) is 24.2 Å². The Balaban J connectivity index is 1.84. The van der Waals surface area contributed by atoms with E-state index in [4.69, 9.17) is 5.26 Å². The molecule has 26 heavy (non-hydrogen) atoms. The molecule has 0 aliphatic heterocycles. The van der Waals surface area contributed by atoms with Gasteiger partial charge in [0.2, 0.25) is 5.91 Å². The van der Waals surface area contributed by atoms with Crippen molar-refractivity contribution in [3.63, 3.8) is 0 Å². The molecule has 1 amide bonds. The molecule has 1 aromatic heterocycles. The van der Waals surface area contributed by atoms with Crippen molar-refractivity contribution in [2.45, 2.75) is 28.1 Å². The summed E-state index contributed by atoms with van der Waals surface area (Å²) in [5, 5.41) is 17.2. The number of rotatable bonds is 8. The van der Waals surface area contributed by atoms with Gasteiger partial charge in [-0.3, -0.25) is 9.59 Å². The molecular weight excluding hydrogens is 388 g/mol. The molecule has 0 aliphatic carbocycles. The van der Waals surface area contributed by atoms with E-state index in [1.165, 1.54) is 39.8 Å². The number of ketones is 1. The number of nitrogens with zero attached hydrogens (tertiary/aromatic N) is 4. The van der Waals surface area contributed by atoms with Gasteiger partial charge in [0.15, 0.2) is 14.5 Å². The summed E-state index contributed by atoms with van der Waals surface area (Å²) in [7, 11) is 1.61. The van der Waals surface area contributed by atoms with Gasteiger partial charge in [0, 0.05) is 12.6 Å². The second-order valence-corrected chi connectivity index (χ2v) is 9.25. The van der Waals surface area contributed by atoms with Crippen molar-refractivity contribution in [3.05, 3.63) is 35.9 Å². The van der Waals surface area contributed by atoms with Gasteiger partial charge in [-0.1, -0.05) is 65.2 Å². The number of nitriles is 1. The average Bonchev–Trinajstić information content (AvgIpc) is 3.12. The Morgan fingerprint density at radius 3 is 2.31 bits per heavy atom. The van der Waals surface area contributed by atoms with Crippen LogP contribution in [0, 0.1) is 11.3 Å². The van der Waals surface area contributed by atoms with Gasteiger partial charge in [0.25, 0.3) is 0 Å². The topological polar surface area (TPSA) is 87.0 Å². The highest BCUT2D eigenvalue weighted by Crippen LogP contribution is 2.29. The zero-order chi connectivity index (χ0) is 19.2. The highest BCUT2D eigenvalue weighted by atomic mass is 32.2. The second-order valence-electron chi connectivity index (χ2n) is 5.82. The lowest BCUT2D eigenvalue weighted by Crippen LogP contribution is -2.44. The summed E-state index contributed by atoms with van der Waals surface area (Å²) in [6.45, 7) is 3.39. The third kappa shape index (κ3) is 5.56. The molecule has 1 aromatic carbocycles. The predicted octanol–water partition coefficient (Wildman–Crippen LogP) is 3.37. The maximum Gasteiger partial charge on any atom is 0.234 e. The van der Waals surface area contributed by atoms with Crippen molar-refractivity contribution in [1.82, 2.24) is 15.1 Å². The number of aromatic nitrogens is 2. The van der Waals surface area contributed by atoms with Gasteiger partial charge in [-0.15, -0.1) is 10.2 Å². The van der Waals surface area contributed by atoms with Crippen molar-refractivity contribution in [3.8, 4) is 6.07 Å². The van der Waals surface area contributed by atoms with Gasteiger partial charge >= 0.3 is 0 Å². The third-order valence-corrected chi connectivity index (χ3v) is 6.79. The van der Waals surface area contributed by atoms with Crippen LogP contribution in [0.2, 0.25) is 0 Å². The lowest BCUT2D eigenvalue weighted by atomic mass is 10.1. The van der Waals surface area contributed by atoms with Gasteiger partial charge in [-0.2, -0.15) is 5.26 Å². The number of hydrogen-bond acceptors (Lipinski definition) is 8. The molecule has 0 atom stereocenters. The first kappa shape index (κ1) is 20.4. The first-order valence-corrected chi connectivity index (χ1v) is 10.5. The van der Waals surface area contributed by atoms with Crippen molar-refractivity contribution in [2.75, 3.05) is 18.6 Å². The number of thioether (sulfide) groups is 2. The Kier molecular flexibility index (Phi) is 7.20. The number of benzene rings is 1. The SMILES string of the molecule is CN(C(=O)CSc1nnc(SCC(=O)c2ccccc2)s1)C(C)(C)C#N. The molecule has 136 valence electrons. The minimum absolute atomic E-state index is 0.0375. The molecule has 0 bridgehead atoms. The largest absolute Gasteiger partial charge is 0.327 e. The molecule has 1 heterocycles. The molecule has 2 aromatic rings. The summed E-state index contributed by atoms with van der Waals surface area (Å²) in [5.74, 6) is 0.367. The monoisotopic (exact) mass is 406 g/mol. The number of Topliss-reactive ketones (excluding diaryl/α,β-unsaturated/α-hetero) is 1. The van der Waals surface area contributed by atoms with E-state index >= 15 is 0 Å². The van der Waals surface area contributed by atoms with Gasteiger partial charge in [-0.05, 0) is 13.8 Å². The van der Waals surface area contributed by atoms with Crippen molar-refractivity contribution >= 4 is 46.6 Å². The van der Waals surface area contributed by atoms with Crippen LogP contribution in [0.4, 0.5) is 0 Å². The number of carbonyl (C=O) groups excluding carboxylic acids is 2. The highest BCUT2D eigenvalue weighted by Gasteiger charge is 2.27. The summed E-state index contributed by atoms with van der Waals surface area (Å²) in [5.41, 5.74) is -0.176. The van der Waals surface area contributed by atoms with Gasteiger partial charge in [-0.25, -0.2) is 0 Å². The van der Waals surface area contributed by atoms with Crippen LogP contribution in [-0.4, -0.2) is 50.9 Å². The fourth-order valence-electron chi connectivity index (χ4n) is 1.76. The Labute approximate surface area is 165 Å². The maximum absolute atomic E-state index is 12.2. The van der Waals surface area contributed by atoms with Gasteiger partial charge in [0.1, 0.15) is 5.54 Å². The fourth-order valence-corrected chi connectivity index (χ4v) is 4.58. The number of hydrogen-bond donors (Lipinski definition) is 0. The van der Waals surface area contributed by atoms with E-state index in [2.05, 4.69) is 16.3 Å². The molecule has 0 N–H and O–H groups in total. The maximum atomic E-state index is 12.2. The van der Waals surface area contributed by atoms with Crippen LogP contribution in [0.15, 0.2) is 39.0 Å². The first-order chi connectivity index (χ1) is 12.3. The number of amides is 1. The lowest BCUT2D eigenvalue weighted by molar-refractivity contribution is -0.130. The van der Waals surface area contributed by atoms with E-state index in [0.717, 1.165) is 0 Å². The van der Waals surface area contributed by atoms with Crippen molar-refractivity contribution in [2.24, 2.45) is 0 Å². The van der Waals surface area contributed by atoms with Crippen LogP contribution in [0.25, 0.3) is 0 Å². The van der Waals surface area contributed by atoms with E-state index in [9.17, 15) is 9.59 Å². The zero-order valence-corrected chi connectivity index (χ0v) is 17.1. The molecular formula is C17H18N4O2S3. The summed E-state index contributed by atoms with van der Waals surface area (Å²) in [6.07, 6.45) is 0. The summed E-state index contributed by atoms with van der Waals surface area (Å²) < 4.78 is 1.35. The molecule has 0 spiro atoms. The second kappa shape index (κ2) is 9.16. The Hall–Kier alpha value is -1.89. The highest BCUT2D eigenvalue weighted by molar-refractivity contribution is 8.03. The lowest BCUT2D eigenvalue weighted by Gasteiger charge is -2.28. The fraction of sp³-hybridized carbons (Fsp3) is 0.353. The minimum Gasteiger partial charge on any atom is -0.327 e. The van der Waals surface area contributed by atoms with Crippen LogP contribution in [0.5, 0.6) is 0 Å². The normalized spacial score (nSPS) is 11.0. The molecule has 6 nitrogen and oxygen atoms in total. The third-order valence-electron chi connectivity index (χ3n) is 3.62. The molecule has 0 saturated carbocycles. The van der Waals surface area contributed by atoms with Crippen molar-refractivity contribution < 1.29 is 9.59 Å². The molecule has 2 rings (SSSR count). The molecule has 0 unspecified atom stereocenters. The quantitative estimate of drug-likeness (QED) is 0.491. The van der Waals surface area contributed by atoms with E-state index in [-0.39, 0.29) is 17.4 Å². The van der Waals surface area contributed by atoms with E-state index in [0.29, 0.717) is 20.0 Å². The van der Waals surface area contributed by atoms with Crippen molar-refractivity contribution in [1.29, 1.82) is 5.26 Å². The summed E-state index contributed by atoms with van der Waals surface area (Å²) in [4.78, 5) is 25.7. The summed E-state index contributed by atoms with van der Waals surface area (Å²) >= 11 is 3.97. The van der Waals surface area contributed by atoms with Crippen LogP contribution < -0.4 is 0 Å². The Morgan fingerprint density at radius 1 is 1.15 bits per heavy atom. The van der Waals surface area contributed by atoms with Gasteiger partial charge in [0.05, 0.1) is 17.6 Å². The average molecular weight is 407 g/mol. The number of carbonyl (C=O) groups is 2. The molecule has 0 saturated heterocycles. The molecule has 0 aliphatic rings. The Bertz CT molecular complexity index is 815. The predicted molar refractivity (Wildman–Crippen MR) is 105 cm³/mol. The standard InChI is InChI=1S/C17H18N4O2S3/c1-17(2,11-18)21(3)14(23)10-25-16-20-19-15(26-16)24-9-13(22)12-7-5-4-6-8-12/h4-8H,9-10H2,1-3H3. The minimum atomic E-state index is -0.850. The van der Waals surface area contributed by atoms with Crippen LogP contribution in [-0.2, 0) is 4.79 Å². The van der Waals surface area contributed by atoms with E-state index in [1.54, 1.807) is 33.0 Å². The Morgan fingerprint density at radius 2 is 1.73 bits per heavy atom. The molecule has 0 fully saturated rings. The first-order valence-electron chi connectivity index (χ1n) is 7.69. The van der Waals surface area contributed by atoms with Crippen LogP contribution in [0.3, 0.4) is 0 Å². The summed E-state index contributed by atoms with van der Waals surface area (Å²) in [6, 6.07) is 11.2. The smallest absolute Gasteiger partial charge is 0.234 e. The molecule has 0 radical (unpaired) electrons. The molecule has 9 heteroatoms. The zero-order valence-electron chi connectivity index (χ0n) is 14.6. The van der Waals surface area contributed by atoms with Gasteiger partial charge < -0.3 is 4.90 Å². The van der Waals surface area contributed by atoms with E-state index < -0.39 is 5.54 Å². The van der Waals surface area contributed by atoms with Crippen LogP contribution >= 0.6 is 34.9 Å². The van der Waals surface area contributed by atoms with E-state index in [1.807, 2.05) is 18.2 Å².